The minimum atomic E-state index is -2.55. The van der Waals surface area contributed by atoms with Gasteiger partial charge in [-0.1, -0.05) is 29.8 Å². The van der Waals surface area contributed by atoms with E-state index in [4.69, 9.17) is 21.3 Å². The monoisotopic (exact) mass is 670 g/mol. The summed E-state index contributed by atoms with van der Waals surface area (Å²) < 4.78 is 7.42. The summed E-state index contributed by atoms with van der Waals surface area (Å²) in [5.74, 6) is 1.17. The number of aromatic amines is 1. The quantitative estimate of drug-likeness (QED) is 0.166. The number of aromatic nitrogens is 5. The Balaban J connectivity index is 1.13. The number of aliphatic imine (C=N–C) groups is 1. The molecule has 242 valence electrons. The van der Waals surface area contributed by atoms with Crippen molar-refractivity contribution in [1.29, 1.82) is 0 Å². The molecule has 3 heterocycles. The van der Waals surface area contributed by atoms with E-state index in [1.54, 1.807) is 19.2 Å². The van der Waals surface area contributed by atoms with E-state index < -0.39 is 14.4 Å². The number of amides is 2. The van der Waals surface area contributed by atoms with E-state index in [0.29, 0.717) is 46.5 Å². The second kappa shape index (κ2) is 13.1. The Morgan fingerprint density at radius 3 is 2.57 bits per heavy atom. The molecule has 0 radical (unpaired) electrons. The second-order valence-electron chi connectivity index (χ2n) is 11.9. The van der Waals surface area contributed by atoms with Crippen molar-refractivity contribution < 1.29 is 19.1 Å². The van der Waals surface area contributed by atoms with Gasteiger partial charge < -0.3 is 25.2 Å². The summed E-state index contributed by atoms with van der Waals surface area (Å²) >= 11 is 6.19. The summed E-state index contributed by atoms with van der Waals surface area (Å²) in [6.45, 7) is 5.68. The average Bonchev–Trinajstić information content (AvgIpc) is 3.62. The predicted octanol–water partition coefficient (Wildman–Crippen LogP) is 3.28. The van der Waals surface area contributed by atoms with Crippen LogP contribution in [0.4, 0.5) is 0 Å². The number of carbonyl (C=O) groups excluding carboxylic acids is 2. The number of halogens is 1. The molecule has 0 bridgehead atoms. The Kier molecular flexibility index (Phi) is 8.95. The van der Waals surface area contributed by atoms with Gasteiger partial charge in [0.25, 0.3) is 8.32 Å². The molecule has 5 aromatic rings. The minimum Gasteiger partial charge on any atom is -0.497 e. The van der Waals surface area contributed by atoms with Gasteiger partial charge in [0, 0.05) is 22.7 Å². The van der Waals surface area contributed by atoms with Crippen LogP contribution in [0, 0.1) is 6.92 Å². The Labute approximate surface area is 277 Å². The van der Waals surface area contributed by atoms with Crippen LogP contribution in [0.5, 0.6) is 5.75 Å². The summed E-state index contributed by atoms with van der Waals surface area (Å²) in [6, 6.07) is 18.2. The van der Waals surface area contributed by atoms with Crippen molar-refractivity contribution in [3.8, 4) is 11.4 Å². The van der Waals surface area contributed by atoms with Crippen molar-refractivity contribution in [3.05, 3.63) is 94.0 Å². The number of benzene rings is 3. The highest BCUT2D eigenvalue weighted by Gasteiger charge is 2.30. The molecule has 1 aliphatic heterocycles. The Morgan fingerprint density at radius 1 is 1.04 bits per heavy atom. The minimum absolute atomic E-state index is 0.0483. The Bertz CT molecular complexity index is 2000. The molecule has 1 aliphatic rings. The molecule has 2 amide bonds. The SMILES string of the molecule is COc1ccc2c(c1)C(c1ccc(Cl)cc1)=N[C@@H](CC(=O)NCC(=O)NCCc1ccc3nc([Si](C)(C)O)[nH]c3c1)c1nnc(C)n1-2. The van der Waals surface area contributed by atoms with E-state index >= 15 is 0 Å². The number of ether oxygens (including phenoxy) is 1. The van der Waals surface area contributed by atoms with Crippen LogP contribution in [0.1, 0.15) is 40.8 Å². The lowest BCUT2D eigenvalue weighted by Crippen LogP contribution is -2.44. The second-order valence-corrected chi connectivity index (χ2v) is 15.9. The standard InChI is InChI=1S/C33H35ClN8O4Si/c1-19-40-41-32-27(37-31(21-6-8-22(34)9-7-21)24-16-23(46-2)10-12-28(24)42(19)32)17-29(43)36-18-30(44)35-14-13-20-5-11-25-26(15-20)39-33(38-25)47(3,4)45/h5-12,15-16,27,45H,13-14,17-18H2,1-4H3,(H,35,44)(H,36,43)(H,38,39)/t27-/m0/s1. The summed E-state index contributed by atoms with van der Waals surface area (Å²) in [4.78, 5) is 49.0. The number of hydrogen-bond donors (Lipinski definition) is 4. The van der Waals surface area contributed by atoms with Gasteiger partial charge >= 0.3 is 0 Å². The van der Waals surface area contributed by atoms with Crippen molar-refractivity contribution in [1.82, 2.24) is 35.4 Å². The van der Waals surface area contributed by atoms with Crippen molar-refractivity contribution >= 4 is 53.9 Å². The maximum Gasteiger partial charge on any atom is 0.254 e. The molecule has 0 saturated heterocycles. The highest BCUT2D eigenvalue weighted by Crippen LogP contribution is 2.34. The molecule has 0 spiro atoms. The van der Waals surface area contributed by atoms with Gasteiger partial charge in [0.15, 0.2) is 5.82 Å². The van der Waals surface area contributed by atoms with E-state index in [1.165, 1.54) is 0 Å². The fourth-order valence-corrected chi connectivity index (χ4v) is 6.47. The number of hydrogen-bond acceptors (Lipinski definition) is 8. The van der Waals surface area contributed by atoms with Crippen LogP contribution < -0.4 is 20.8 Å². The molecule has 0 fully saturated rings. The molecule has 1 atom stereocenters. The van der Waals surface area contributed by atoms with E-state index in [-0.39, 0.29) is 24.8 Å². The van der Waals surface area contributed by atoms with E-state index in [1.807, 2.05) is 73.1 Å². The summed E-state index contributed by atoms with van der Waals surface area (Å²) in [7, 11) is -0.944. The zero-order valence-electron chi connectivity index (χ0n) is 26.5. The molecule has 14 heteroatoms. The van der Waals surface area contributed by atoms with Crippen LogP contribution >= 0.6 is 11.6 Å². The van der Waals surface area contributed by atoms with E-state index in [0.717, 1.165) is 33.4 Å². The molecule has 0 unspecified atom stereocenters. The first-order valence-corrected chi connectivity index (χ1v) is 18.5. The Morgan fingerprint density at radius 2 is 1.83 bits per heavy atom. The van der Waals surface area contributed by atoms with Gasteiger partial charge in [-0.25, -0.2) is 4.98 Å². The maximum absolute atomic E-state index is 13.2. The van der Waals surface area contributed by atoms with Crippen molar-refractivity contribution in [3.63, 3.8) is 0 Å². The van der Waals surface area contributed by atoms with Gasteiger partial charge in [-0.05, 0) is 74.5 Å². The van der Waals surface area contributed by atoms with Crippen LogP contribution in [0.15, 0.2) is 65.7 Å². The number of fused-ring (bicyclic) bond motifs is 4. The number of methoxy groups -OCH3 is 1. The maximum atomic E-state index is 13.2. The molecule has 47 heavy (non-hydrogen) atoms. The number of nitrogens with zero attached hydrogens (tertiary/aromatic N) is 5. The third-order valence-corrected chi connectivity index (χ3v) is 9.58. The molecule has 6 rings (SSSR count). The normalized spacial score (nSPS) is 14.2. The van der Waals surface area contributed by atoms with Crippen molar-refractivity contribution in [2.75, 3.05) is 20.2 Å². The first kappa shape index (κ1) is 32.1. The zero-order valence-corrected chi connectivity index (χ0v) is 28.2. The van der Waals surface area contributed by atoms with Gasteiger partial charge in [0.05, 0.1) is 42.5 Å². The fraction of sp³-hybridized carbons (Fsp3) is 0.273. The Hall–Kier alpha value is -4.85. The van der Waals surface area contributed by atoms with Crippen LogP contribution in [0.25, 0.3) is 16.7 Å². The third kappa shape index (κ3) is 6.97. The first-order chi connectivity index (χ1) is 22.5. The molecule has 2 aromatic heterocycles. The van der Waals surface area contributed by atoms with Gasteiger partial charge in [-0.2, -0.15) is 0 Å². The highest BCUT2D eigenvalue weighted by atomic mass is 35.5. The van der Waals surface area contributed by atoms with Gasteiger partial charge in [-0.15, -0.1) is 10.2 Å². The molecule has 4 N–H and O–H groups in total. The molecule has 0 aliphatic carbocycles. The van der Waals surface area contributed by atoms with Crippen LogP contribution in [0.2, 0.25) is 18.1 Å². The predicted molar refractivity (Wildman–Crippen MR) is 182 cm³/mol. The lowest BCUT2D eigenvalue weighted by molar-refractivity contribution is -0.126. The van der Waals surface area contributed by atoms with Crippen molar-refractivity contribution in [2.45, 2.75) is 38.9 Å². The molecular formula is C33H35ClN8O4Si. The van der Waals surface area contributed by atoms with Crippen LogP contribution in [0.3, 0.4) is 0 Å². The number of imidazole rings is 1. The van der Waals surface area contributed by atoms with E-state index in [2.05, 4.69) is 30.8 Å². The number of aryl methyl sites for hydroxylation is 1. The molecular weight excluding hydrogens is 636 g/mol. The van der Waals surface area contributed by atoms with Crippen molar-refractivity contribution in [2.24, 2.45) is 4.99 Å². The topological polar surface area (TPSA) is 159 Å². The largest absolute Gasteiger partial charge is 0.497 e. The average molecular weight is 671 g/mol. The van der Waals surface area contributed by atoms with Gasteiger partial charge in [-0.3, -0.25) is 19.1 Å². The fourth-order valence-electron chi connectivity index (χ4n) is 5.51. The highest BCUT2D eigenvalue weighted by molar-refractivity contribution is 6.82. The summed E-state index contributed by atoms with van der Waals surface area (Å²) in [5, 5.41) is 14.9. The smallest absolute Gasteiger partial charge is 0.254 e. The van der Waals surface area contributed by atoms with Gasteiger partial charge in [0.1, 0.15) is 23.1 Å². The molecule has 12 nitrogen and oxygen atoms in total. The third-order valence-electron chi connectivity index (χ3n) is 7.94. The number of H-pyrrole nitrogens is 1. The molecule has 3 aromatic carbocycles. The van der Waals surface area contributed by atoms with Crippen LogP contribution in [-0.2, 0) is 16.0 Å². The number of nitrogens with one attached hydrogen (secondary N) is 3. The molecule has 0 saturated carbocycles. The first-order valence-electron chi connectivity index (χ1n) is 15.2. The number of rotatable bonds is 10. The number of carbonyl (C=O) groups is 2. The lowest BCUT2D eigenvalue weighted by atomic mass is 10.00. The lowest BCUT2D eigenvalue weighted by Gasteiger charge is -2.14. The summed E-state index contributed by atoms with van der Waals surface area (Å²) in [6.07, 6.45) is 0.544. The van der Waals surface area contributed by atoms with Crippen LogP contribution in [-0.4, -0.2) is 75.6 Å². The summed E-state index contributed by atoms with van der Waals surface area (Å²) in [5.41, 5.74) is 6.35. The zero-order chi connectivity index (χ0) is 33.3. The van der Waals surface area contributed by atoms with E-state index in [9.17, 15) is 14.4 Å². The van der Waals surface area contributed by atoms with Gasteiger partial charge in [0.2, 0.25) is 11.8 Å².